The van der Waals surface area contributed by atoms with Crippen LogP contribution in [0.5, 0.6) is 11.5 Å². The molecule has 4 rings (SSSR count). The number of nitrogens with zero attached hydrogens (tertiary/aromatic N) is 2. The fraction of sp³-hybridized carbons (Fsp3) is 0.300. The minimum Gasteiger partial charge on any atom is -0.493 e. The largest absolute Gasteiger partial charge is 0.493 e. The molecule has 3 aromatic rings. The van der Waals surface area contributed by atoms with E-state index in [1.54, 1.807) is 54.7 Å². The Bertz CT molecular complexity index is 1240. The number of hydrogen-bond donors (Lipinski definition) is 2. The zero-order valence-electron chi connectivity index (χ0n) is 21.5. The van der Waals surface area contributed by atoms with Gasteiger partial charge in [-0.3, -0.25) is 4.79 Å². The lowest BCUT2D eigenvalue weighted by Crippen LogP contribution is -2.36. The standard InChI is InChI=1S/C30H33N3O5/c1-3-21(2)19-37-26-10-7-23(8-11-26)29(34)32-25-9-12-28(31-18-25)33-15-13-22(14-16-33)20-38-27-6-4-5-24(17-27)30(35)36/h3-12,17-18,21-22H,1,13-16,19-20H2,2H3,(H,32,34)(H,35,36). The summed E-state index contributed by atoms with van der Waals surface area (Å²) < 4.78 is 11.5. The minimum atomic E-state index is -0.962. The zero-order valence-corrected chi connectivity index (χ0v) is 21.5. The molecule has 1 unspecified atom stereocenters. The van der Waals surface area contributed by atoms with Gasteiger partial charge in [-0.2, -0.15) is 0 Å². The van der Waals surface area contributed by atoms with Crippen molar-refractivity contribution in [2.75, 3.05) is 36.5 Å². The van der Waals surface area contributed by atoms with Crippen molar-refractivity contribution in [2.24, 2.45) is 11.8 Å². The summed E-state index contributed by atoms with van der Waals surface area (Å²) in [6.45, 7) is 8.57. The number of rotatable bonds is 11. The number of aromatic nitrogens is 1. The molecule has 38 heavy (non-hydrogen) atoms. The minimum absolute atomic E-state index is 0.208. The summed E-state index contributed by atoms with van der Waals surface area (Å²) in [6, 6.07) is 17.4. The van der Waals surface area contributed by atoms with Crippen LogP contribution >= 0.6 is 0 Å². The number of nitrogens with one attached hydrogen (secondary N) is 1. The van der Waals surface area contributed by atoms with E-state index in [1.165, 1.54) is 0 Å². The fourth-order valence-corrected chi connectivity index (χ4v) is 4.11. The van der Waals surface area contributed by atoms with Gasteiger partial charge in [0.15, 0.2) is 0 Å². The average molecular weight is 516 g/mol. The first kappa shape index (κ1) is 26.7. The van der Waals surface area contributed by atoms with Crippen molar-refractivity contribution in [2.45, 2.75) is 19.8 Å². The van der Waals surface area contributed by atoms with E-state index < -0.39 is 5.97 Å². The predicted octanol–water partition coefficient (Wildman–Crippen LogP) is 5.53. The maximum Gasteiger partial charge on any atom is 0.335 e. The number of carboxylic acids is 1. The van der Waals surface area contributed by atoms with Crippen molar-refractivity contribution in [3.05, 3.63) is 90.6 Å². The van der Waals surface area contributed by atoms with Crippen molar-refractivity contribution in [1.29, 1.82) is 0 Å². The molecule has 0 radical (unpaired) electrons. The van der Waals surface area contributed by atoms with E-state index in [-0.39, 0.29) is 17.4 Å². The van der Waals surface area contributed by atoms with Crippen molar-refractivity contribution in [3.8, 4) is 11.5 Å². The molecule has 8 heteroatoms. The zero-order chi connectivity index (χ0) is 26.9. The first-order valence-corrected chi connectivity index (χ1v) is 12.7. The Morgan fingerprint density at radius 2 is 1.84 bits per heavy atom. The van der Waals surface area contributed by atoms with Crippen molar-refractivity contribution < 1.29 is 24.2 Å². The number of carbonyl (C=O) groups excluding carboxylic acids is 1. The number of aromatic carboxylic acids is 1. The lowest BCUT2D eigenvalue weighted by molar-refractivity contribution is 0.0696. The Hall–Kier alpha value is -4.33. The number of benzene rings is 2. The molecular weight excluding hydrogens is 482 g/mol. The average Bonchev–Trinajstić information content (AvgIpc) is 2.96. The molecule has 1 aliphatic rings. The number of anilines is 2. The number of carbonyl (C=O) groups is 2. The van der Waals surface area contributed by atoms with Gasteiger partial charge in [0.05, 0.1) is 30.7 Å². The number of ether oxygens (including phenoxy) is 2. The Morgan fingerprint density at radius 3 is 2.50 bits per heavy atom. The lowest BCUT2D eigenvalue weighted by atomic mass is 9.98. The van der Waals surface area contributed by atoms with Gasteiger partial charge >= 0.3 is 5.97 Å². The second-order valence-corrected chi connectivity index (χ2v) is 9.48. The van der Waals surface area contributed by atoms with Gasteiger partial charge in [-0.05, 0) is 73.4 Å². The quantitative estimate of drug-likeness (QED) is 0.324. The van der Waals surface area contributed by atoms with Crippen molar-refractivity contribution >= 4 is 23.4 Å². The summed E-state index contributed by atoms with van der Waals surface area (Å²) in [7, 11) is 0. The molecule has 2 N–H and O–H groups in total. The van der Waals surface area contributed by atoms with Crippen LogP contribution in [0.3, 0.4) is 0 Å². The first-order chi connectivity index (χ1) is 18.4. The van der Waals surface area contributed by atoms with Crippen LogP contribution in [0.4, 0.5) is 11.5 Å². The highest BCUT2D eigenvalue weighted by atomic mass is 16.5. The SMILES string of the molecule is C=CC(C)COc1ccc(C(=O)Nc2ccc(N3CCC(COc4cccc(C(=O)O)c4)CC3)nc2)cc1. The molecule has 0 bridgehead atoms. The molecule has 1 fully saturated rings. The van der Waals surface area contributed by atoms with Crippen LogP contribution in [0.25, 0.3) is 0 Å². The van der Waals surface area contributed by atoms with E-state index in [2.05, 4.69) is 21.8 Å². The van der Waals surface area contributed by atoms with Gasteiger partial charge in [-0.1, -0.05) is 19.1 Å². The van der Waals surface area contributed by atoms with Crippen LogP contribution in [0.1, 0.15) is 40.5 Å². The molecule has 1 saturated heterocycles. The van der Waals surface area contributed by atoms with E-state index in [4.69, 9.17) is 14.6 Å². The third-order valence-corrected chi connectivity index (χ3v) is 6.54. The van der Waals surface area contributed by atoms with E-state index in [0.717, 1.165) is 31.7 Å². The monoisotopic (exact) mass is 515 g/mol. The molecule has 2 aromatic carbocycles. The topological polar surface area (TPSA) is 101 Å². The molecule has 1 amide bonds. The van der Waals surface area contributed by atoms with Crippen molar-refractivity contribution in [3.63, 3.8) is 0 Å². The van der Waals surface area contributed by atoms with Gasteiger partial charge in [0.25, 0.3) is 5.91 Å². The van der Waals surface area contributed by atoms with Crippen LogP contribution < -0.4 is 19.7 Å². The third-order valence-electron chi connectivity index (χ3n) is 6.54. The highest BCUT2D eigenvalue weighted by Gasteiger charge is 2.21. The molecule has 1 aliphatic heterocycles. The van der Waals surface area contributed by atoms with Crippen LogP contribution in [-0.2, 0) is 0 Å². The predicted molar refractivity (Wildman–Crippen MR) is 147 cm³/mol. The summed E-state index contributed by atoms with van der Waals surface area (Å²) in [5, 5.41) is 12.0. The van der Waals surface area contributed by atoms with Gasteiger partial charge in [0.1, 0.15) is 17.3 Å². The molecule has 0 spiro atoms. The highest BCUT2D eigenvalue weighted by molar-refractivity contribution is 6.04. The van der Waals surface area contributed by atoms with E-state index in [9.17, 15) is 9.59 Å². The Kier molecular flexibility index (Phi) is 8.98. The van der Waals surface area contributed by atoms with Crippen LogP contribution in [-0.4, -0.2) is 48.3 Å². The number of hydrogen-bond acceptors (Lipinski definition) is 6. The second kappa shape index (κ2) is 12.8. The molecule has 0 aliphatic carbocycles. The van der Waals surface area contributed by atoms with Gasteiger partial charge in [0.2, 0.25) is 0 Å². The Morgan fingerprint density at radius 1 is 1.08 bits per heavy atom. The molecule has 2 heterocycles. The normalized spacial score (nSPS) is 14.4. The Labute approximate surface area is 222 Å². The number of pyridine rings is 1. The summed E-state index contributed by atoms with van der Waals surface area (Å²) in [5.74, 6) is 1.63. The maximum absolute atomic E-state index is 12.6. The summed E-state index contributed by atoms with van der Waals surface area (Å²) in [5.41, 5.74) is 1.39. The molecule has 198 valence electrons. The van der Waals surface area contributed by atoms with E-state index in [1.807, 2.05) is 25.1 Å². The highest BCUT2D eigenvalue weighted by Crippen LogP contribution is 2.24. The van der Waals surface area contributed by atoms with Gasteiger partial charge < -0.3 is 24.8 Å². The van der Waals surface area contributed by atoms with Gasteiger partial charge in [0, 0.05) is 24.6 Å². The fourth-order valence-electron chi connectivity index (χ4n) is 4.11. The van der Waals surface area contributed by atoms with Crippen LogP contribution in [0, 0.1) is 11.8 Å². The summed E-state index contributed by atoms with van der Waals surface area (Å²) >= 11 is 0. The lowest BCUT2D eigenvalue weighted by Gasteiger charge is -2.32. The molecule has 0 saturated carbocycles. The smallest absolute Gasteiger partial charge is 0.335 e. The maximum atomic E-state index is 12.6. The van der Waals surface area contributed by atoms with Gasteiger partial charge in [-0.15, -0.1) is 6.58 Å². The molecule has 8 nitrogen and oxygen atoms in total. The van der Waals surface area contributed by atoms with Crippen LogP contribution in [0.15, 0.2) is 79.5 Å². The van der Waals surface area contributed by atoms with E-state index >= 15 is 0 Å². The second-order valence-electron chi connectivity index (χ2n) is 9.48. The number of carboxylic acid groups (broad SMARTS) is 1. The Balaban J connectivity index is 1.23. The molecule has 1 aromatic heterocycles. The molecule has 1 atom stereocenters. The third kappa shape index (κ3) is 7.35. The summed E-state index contributed by atoms with van der Waals surface area (Å²) in [4.78, 5) is 30.5. The molecular formula is C30H33N3O5. The van der Waals surface area contributed by atoms with Gasteiger partial charge in [-0.25, -0.2) is 9.78 Å². The number of amides is 1. The van der Waals surface area contributed by atoms with Crippen molar-refractivity contribution in [1.82, 2.24) is 4.98 Å². The first-order valence-electron chi connectivity index (χ1n) is 12.7. The number of piperidine rings is 1. The van der Waals surface area contributed by atoms with E-state index in [0.29, 0.717) is 41.9 Å². The summed E-state index contributed by atoms with van der Waals surface area (Å²) in [6.07, 6.45) is 5.41. The van der Waals surface area contributed by atoms with Crippen LogP contribution in [0.2, 0.25) is 0 Å².